The zero-order valence-corrected chi connectivity index (χ0v) is 14.3. The topological polar surface area (TPSA) is 69.6 Å². The van der Waals surface area contributed by atoms with Gasteiger partial charge in [-0.2, -0.15) is 0 Å². The van der Waals surface area contributed by atoms with Gasteiger partial charge in [-0.05, 0) is 41.7 Å². The highest BCUT2D eigenvalue weighted by Gasteiger charge is 2.26. The largest absolute Gasteiger partial charge is 0.394 e. The van der Waals surface area contributed by atoms with Gasteiger partial charge < -0.3 is 15.3 Å². The minimum Gasteiger partial charge on any atom is -0.394 e. The highest BCUT2D eigenvalue weighted by Crippen LogP contribution is 2.25. The maximum atomic E-state index is 12.4. The summed E-state index contributed by atoms with van der Waals surface area (Å²) in [7, 11) is 0. The van der Waals surface area contributed by atoms with Crippen LogP contribution in [0.4, 0.5) is 0 Å². The number of nitrogens with zero attached hydrogens (tertiary/aromatic N) is 1. The second-order valence-electron chi connectivity index (χ2n) is 6.12. The minimum absolute atomic E-state index is 0.180. The van der Waals surface area contributed by atoms with E-state index in [1.807, 2.05) is 29.6 Å². The molecule has 0 unspecified atom stereocenters. The van der Waals surface area contributed by atoms with Gasteiger partial charge >= 0.3 is 0 Å². The van der Waals surface area contributed by atoms with Gasteiger partial charge in [0.2, 0.25) is 11.8 Å². The average molecular weight is 346 g/mol. The van der Waals surface area contributed by atoms with Crippen molar-refractivity contribution in [3.63, 3.8) is 0 Å². The SMILES string of the molecule is O=C(Cc1csc2ccccc12)N[C@@H](CO)C(=O)N1CCCCC1. The standard InChI is InChI=1S/C18H22N2O3S/c21-11-15(18(23)20-8-4-1-5-9-20)19-17(22)10-13-12-24-16-7-3-2-6-14(13)16/h2-3,6-7,12,15,21H,1,4-5,8-11H2,(H,19,22)/t15-/m0/s1. The maximum Gasteiger partial charge on any atom is 0.247 e. The average Bonchev–Trinajstić information content (AvgIpc) is 3.03. The molecule has 1 atom stereocenters. The molecule has 2 heterocycles. The Balaban J connectivity index is 1.63. The number of likely N-dealkylation sites (tertiary alicyclic amines) is 1. The zero-order valence-electron chi connectivity index (χ0n) is 13.5. The van der Waals surface area contributed by atoms with Crippen molar-refractivity contribution in [2.45, 2.75) is 31.7 Å². The third kappa shape index (κ3) is 3.76. The number of thiophene rings is 1. The Morgan fingerprint density at radius 3 is 2.71 bits per heavy atom. The molecule has 0 saturated carbocycles. The third-order valence-corrected chi connectivity index (χ3v) is 5.41. The van der Waals surface area contributed by atoms with E-state index in [9.17, 15) is 14.7 Å². The summed E-state index contributed by atoms with van der Waals surface area (Å²) in [4.78, 5) is 26.5. The first-order valence-electron chi connectivity index (χ1n) is 8.33. The first kappa shape index (κ1) is 16.9. The third-order valence-electron chi connectivity index (χ3n) is 4.40. The Kier molecular flexibility index (Phi) is 5.48. The van der Waals surface area contributed by atoms with Crippen molar-refractivity contribution in [2.24, 2.45) is 0 Å². The summed E-state index contributed by atoms with van der Waals surface area (Å²) in [6, 6.07) is 7.10. The van der Waals surface area contributed by atoms with Crippen molar-refractivity contribution in [2.75, 3.05) is 19.7 Å². The molecule has 0 spiro atoms. The van der Waals surface area contributed by atoms with Gasteiger partial charge in [-0.25, -0.2) is 0 Å². The predicted molar refractivity (Wildman–Crippen MR) is 95.0 cm³/mol. The number of fused-ring (bicyclic) bond motifs is 1. The summed E-state index contributed by atoms with van der Waals surface area (Å²) in [6.45, 7) is 1.05. The number of hydrogen-bond acceptors (Lipinski definition) is 4. The molecule has 2 aromatic rings. The molecular weight excluding hydrogens is 324 g/mol. The van der Waals surface area contributed by atoms with Gasteiger partial charge in [0, 0.05) is 17.8 Å². The van der Waals surface area contributed by atoms with Crippen LogP contribution in [0.1, 0.15) is 24.8 Å². The smallest absolute Gasteiger partial charge is 0.247 e. The normalized spacial score (nSPS) is 16.1. The van der Waals surface area contributed by atoms with E-state index in [-0.39, 0.29) is 24.8 Å². The molecule has 0 aliphatic carbocycles. The van der Waals surface area contributed by atoms with Gasteiger partial charge in [-0.15, -0.1) is 11.3 Å². The van der Waals surface area contributed by atoms with Crippen molar-refractivity contribution in [1.29, 1.82) is 0 Å². The number of aliphatic hydroxyl groups excluding tert-OH is 1. The molecule has 0 radical (unpaired) electrons. The van der Waals surface area contributed by atoms with Gasteiger partial charge in [0.25, 0.3) is 0 Å². The fourth-order valence-electron chi connectivity index (χ4n) is 3.11. The molecule has 2 N–H and O–H groups in total. The van der Waals surface area contributed by atoms with Gasteiger partial charge in [0.15, 0.2) is 0 Å². The monoisotopic (exact) mass is 346 g/mol. The molecule has 1 saturated heterocycles. The Morgan fingerprint density at radius 1 is 1.21 bits per heavy atom. The molecule has 24 heavy (non-hydrogen) atoms. The second kappa shape index (κ2) is 7.77. The molecule has 1 fully saturated rings. The summed E-state index contributed by atoms with van der Waals surface area (Å²) in [5.41, 5.74) is 0.954. The molecule has 6 heteroatoms. The van der Waals surface area contributed by atoms with Crippen LogP contribution in [0, 0.1) is 0 Å². The van der Waals surface area contributed by atoms with Crippen LogP contribution in [0.25, 0.3) is 10.1 Å². The van der Waals surface area contributed by atoms with Crippen LogP contribution in [0.3, 0.4) is 0 Å². The number of aliphatic hydroxyl groups is 1. The predicted octanol–water partition coefficient (Wildman–Crippen LogP) is 1.93. The van der Waals surface area contributed by atoms with Crippen LogP contribution in [0.5, 0.6) is 0 Å². The lowest BCUT2D eigenvalue weighted by atomic mass is 10.1. The van der Waals surface area contributed by atoms with Crippen molar-refractivity contribution >= 4 is 33.2 Å². The van der Waals surface area contributed by atoms with E-state index in [2.05, 4.69) is 5.32 Å². The molecular formula is C18H22N2O3S. The van der Waals surface area contributed by atoms with E-state index in [0.717, 1.165) is 34.9 Å². The first-order valence-corrected chi connectivity index (χ1v) is 9.21. The number of amides is 2. The van der Waals surface area contributed by atoms with Crippen LogP contribution < -0.4 is 5.32 Å². The zero-order chi connectivity index (χ0) is 16.9. The number of nitrogens with one attached hydrogen (secondary N) is 1. The number of hydrogen-bond donors (Lipinski definition) is 2. The van der Waals surface area contributed by atoms with Gasteiger partial charge in [0.1, 0.15) is 6.04 Å². The number of benzene rings is 1. The Labute approximate surface area is 145 Å². The van der Waals surface area contributed by atoms with E-state index < -0.39 is 6.04 Å². The van der Waals surface area contributed by atoms with E-state index in [1.54, 1.807) is 16.2 Å². The van der Waals surface area contributed by atoms with E-state index in [4.69, 9.17) is 0 Å². The Bertz CT molecular complexity index is 722. The lowest BCUT2D eigenvalue weighted by Gasteiger charge is -2.30. The molecule has 1 aromatic heterocycles. The van der Waals surface area contributed by atoms with Crippen molar-refractivity contribution < 1.29 is 14.7 Å². The molecule has 3 rings (SSSR count). The summed E-state index contributed by atoms with van der Waals surface area (Å²) < 4.78 is 1.14. The summed E-state index contributed by atoms with van der Waals surface area (Å²) in [5.74, 6) is -0.413. The van der Waals surface area contributed by atoms with Crippen molar-refractivity contribution in [1.82, 2.24) is 10.2 Å². The molecule has 1 aromatic carbocycles. The molecule has 1 aliphatic rings. The van der Waals surface area contributed by atoms with Gasteiger partial charge in [0.05, 0.1) is 13.0 Å². The van der Waals surface area contributed by atoms with Crippen LogP contribution >= 0.6 is 11.3 Å². The van der Waals surface area contributed by atoms with Crippen LogP contribution in [-0.4, -0.2) is 47.6 Å². The number of rotatable bonds is 5. The maximum absolute atomic E-state index is 12.4. The molecule has 1 aliphatic heterocycles. The highest BCUT2D eigenvalue weighted by atomic mass is 32.1. The number of piperidine rings is 1. The summed E-state index contributed by atoms with van der Waals surface area (Å²) in [5, 5.41) is 15.3. The number of carbonyl (C=O) groups excluding carboxylic acids is 2. The summed E-state index contributed by atoms with van der Waals surface area (Å²) >= 11 is 1.61. The van der Waals surface area contributed by atoms with Gasteiger partial charge in [-0.1, -0.05) is 18.2 Å². The van der Waals surface area contributed by atoms with Crippen molar-refractivity contribution in [3.05, 3.63) is 35.2 Å². The van der Waals surface area contributed by atoms with Crippen LogP contribution in [-0.2, 0) is 16.0 Å². The lowest BCUT2D eigenvalue weighted by Crippen LogP contribution is -2.52. The van der Waals surface area contributed by atoms with E-state index in [0.29, 0.717) is 13.1 Å². The first-order chi connectivity index (χ1) is 11.7. The Morgan fingerprint density at radius 2 is 1.96 bits per heavy atom. The number of carbonyl (C=O) groups is 2. The molecule has 128 valence electrons. The summed E-state index contributed by atoms with van der Waals surface area (Å²) in [6.07, 6.45) is 3.32. The van der Waals surface area contributed by atoms with Gasteiger partial charge in [-0.3, -0.25) is 9.59 Å². The quantitative estimate of drug-likeness (QED) is 0.869. The fourth-order valence-corrected chi connectivity index (χ4v) is 4.07. The lowest BCUT2D eigenvalue weighted by molar-refractivity contribution is -0.138. The van der Waals surface area contributed by atoms with E-state index >= 15 is 0 Å². The molecule has 0 bridgehead atoms. The Hall–Kier alpha value is -1.92. The fraction of sp³-hybridized carbons (Fsp3) is 0.444. The van der Waals surface area contributed by atoms with Crippen LogP contribution in [0.15, 0.2) is 29.6 Å². The minimum atomic E-state index is -0.847. The van der Waals surface area contributed by atoms with E-state index in [1.165, 1.54) is 0 Å². The van der Waals surface area contributed by atoms with Crippen molar-refractivity contribution in [3.8, 4) is 0 Å². The second-order valence-corrected chi connectivity index (χ2v) is 7.03. The van der Waals surface area contributed by atoms with Crippen LogP contribution in [0.2, 0.25) is 0 Å². The molecule has 2 amide bonds. The highest BCUT2D eigenvalue weighted by molar-refractivity contribution is 7.17. The molecule has 5 nitrogen and oxygen atoms in total.